The number of nitrogens with one attached hydrogen (secondary N) is 1. The molecule has 1 aromatic carbocycles. The molecule has 1 aliphatic carbocycles. The normalized spacial score (nSPS) is 15.9. The third-order valence-corrected chi connectivity index (χ3v) is 4.44. The Bertz CT molecular complexity index is 503. The number of nitrogens with zero attached hydrogens (tertiary/aromatic N) is 2. The molecule has 0 amide bonds. The van der Waals surface area contributed by atoms with Gasteiger partial charge in [-0.2, -0.15) is 0 Å². The molecule has 0 aliphatic heterocycles. The van der Waals surface area contributed by atoms with Gasteiger partial charge in [0.05, 0.1) is 12.7 Å². The summed E-state index contributed by atoms with van der Waals surface area (Å²) in [5.74, 6) is 1.73. The Morgan fingerprint density at radius 3 is 2.72 bits per heavy atom. The molecule has 1 aromatic rings. The Balaban J connectivity index is 1.53. The maximum absolute atomic E-state index is 5.90. The quantitative estimate of drug-likeness (QED) is 0.380. The minimum atomic E-state index is 0.131. The molecule has 1 aliphatic rings. The minimum Gasteiger partial charge on any atom is -0.379 e. The smallest absolute Gasteiger partial charge is 0.193 e. The van der Waals surface area contributed by atoms with Crippen molar-refractivity contribution in [2.24, 2.45) is 10.9 Å². The van der Waals surface area contributed by atoms with Gasteiger partial charge in [0.2, 0.25) is 0 Å². The van der Waals surface area contributed by atoms with E-state index < -0.39 is 0 Å². The van der Waals surface area contributed by atoms with Crippen LogP contribution in [-0.2, 0) is 9.47 Å². The van der Waals surface area contributed by atoms with Crippen molar-refractivity contribution in [3.63, 3.8) is 0 Å². The van der Waals surface area contributed by atoms with Gasteiger partial charge in [-0.15, -0.1) is 0 Å². The van der Waals surface area contributed by atoms with Gasteiger partial charge in [0.25, 0.3) is 0 Å². The van der Waals surface area contributed by atoms with Gasteiger partial charge in [-0.25, -0.2) is 0 Å². The molecule has 5 nitrogen and oxygen atoms in total. The van der Waals surface area contributed by atoms with Gasteiger partial charge in [-0.05, 0) is 37.7 Å². The highest BCUT2D eigenvalue weighted by Crippen LogP contribution is 2.28. The van der Waals surface area contributed by atoms with Crippen LogP contribution in [0.1, 0.15) is 37.9 Å². The van der Waals surface area contributed by atoms with Gasteiger partial charge in [0, 0.05) is 40.4 Å². The molecule has 0 heterocycles. The fourth-order valence-corrected chi connectivity index (χ4v) is 2.58. The molecule has 1 unspecified atom stereocenters. The largest absolute Gasteiger partial charge is 0.379 e. The number of benzene rings is 1. The van der Waals surface area contributed by atoms with Crippen molar-refractivity contribution in [3.8, 4) is 0 Å². The monoisotopic (exact) mass is 347 g/mol. The first kappa shape index (κ1) is 19.7. The number of aliphatic imine (C=N–C) groups is 1. The van der Waals surface area contributed by atoms with Crippen molar-refractivity contribution in [3.05, 3.63) is 35.9 Å². The maximum Gasteiger partial charge on any atom is 0.193 e. The Hall–Kier alpha value is -1.59. The lowest BCUT2D eigenvalue weighted by atomic mass is 10.1. The first-order valence-electron chi connectivity index (χ1n) is 9.36. The topological polar surface area (TPSA) is 46.1 Å². The van der Waals surface area contributed by atoms with Crippen molar-refractivity contribution in [2.75, 3.05) is 47.0 Å². The molecule has 0 bridgehead atoms. The zero-order valence-corrected chi connectivity index (χ0v) is 15.9. The second-order valence-corrected chi connectivity index (χ2v) is 6.69. The maximum atomic E-state index is 5.90. The van der Waals surface area contributed by atoms with Crippen LogP contribution in [0.5, 0.6) is 0 Å². The summed E-state index contributed by atoms with van der Waals surface area (Å²) in [6, 6.07) is 10.3. The van der Waals surface area contributed by atoms with E-state index in [2.05, 4.69) is 34.3 Å². The highest BCUT2D eigenvalue weighted by molar-refractivity contribution is 5.79. The molecule has 1 N–H and O–H groups in total. The molecule has 0 saturated heterocycles. The Morgan fingerprint density at radius 2 is 2.04 bits per heavy atom. The summed E-state index contributed by atoms with van der Waals surface area (Å²) in [7, 11) is 3.86. The molecule has 5 heteroatoms. The number of guanidine groups is 1. The Kier molecular flexibility index (Phi) is 8.77. The zero-order chi connectivity index (χ0) is 17.9. The van der Waals surface area contributed by atoms with Gasteiger partial charge >= 0.3 is 0 Å². The summed E-state index contributed by atoms with van der Waals surface area (Å²) in [6.45, 7) is 6.20. The van der Waals surface area contributed by atoms with Crippen molar-refractivity contribution in [2.45, 2.75) is 32.3 Å². The predicted octanol–water partition coefficient (Wildman–Crippen LogP) is 3.09. The fraction of sp³-hybridized carbons (Fsp3) is 0.650. The van der Waals surface area contributed by atoms with Crippen LogP contribution in [-0.4, -0.2) is 57.9 Å². The third kappa shape index (κ3) is 7.88. The molecular weight excluding hydrogens is 314 g/mol. The van der Waals surface area contributed by atoms with Crippen LogP contribution in [0.2, 0.25) is 0 Å². The highest BCUT2D eigenvalue weighted by atomic mass is 16.5. The molecule has 1 atom stereocenters. The molecule has 0 aromatic heterocycles. The van der Waals surface area contributed by atoms with Crippen LogP contribution < -0.4 is 5.32 Å². The molecule has 0 radical (unpaired) electrons. The van der Waals surface area contributed by atoms with Crippen molar-refractivity contribution < 1.29 is 9.47 Å². The van der Waals surface area contributed by atoms with E-state index in [-0.39, 0.29) is 6.10 Å². The number of hydrogen-bond acceptors (Lipinski definition) is 3. The van der Waals surface area contributed by atoms with Crippen LogP contribution in [0, 0.1) is 5.92 Å². The minimum absolute atomic E-state index is 0.131. The van der Waals surface area contributed by atoms with E-state index in [0.29, 0.717) is 0 Å². The van der Waals surface area contributed by atoms with E-state index in [1.807, 2.05) is 32.3 Å². The number of rotatable bonds is 11. The lowest BCUT2D eigenvalue weighted by molar-refractivity contribution is 0.0645. The summed E-state index contributed by atoms with van der Waals surface area (Å²) < 4.78 is 11.6. The molecule has 2 rings (SSSR count). The molecule has 140 valence electrons. The third-order valence-electron chi connectivity index (χ3n) is 4.44. The average Bonchev–Trinajstić information content (AvgIpc) is 3.46. The second-order valence-electron chi connectivity index (χ2n) is 6.69. The summed E-state index contributed by atoms with van der Waals surface area (Å²) in [6.07, 6.45) is 3.75. The number of hydrogen-bond donors (Lipinski definition) is 1. The van der Waals surface area contributed by atoms with E-state index in [1.165, 1.54) is 18.4 Å². The van der Waals surface area contributed by atoms with Gasteiger partial charge in [0.1, 0.15) is 0 Å². The highest BCUT2D eigenvalue weighted by Gasteiger charge is 2.21. The van der Waals surface area contributed by atoms with Crippen molar-refractivity contribution in [1.29, 1.82) is 0 Å². The van der Waals surface area contributed by atoms with E-state index >= 15 is 0 Å². The predicted molar refractivity (Wildman–Crippen MR) is 103 cm³/mol. The number of likely N-dealkylation sites (N-methyl/N-ethyl adjacent to an activating group) is 1. The lowest BCUT2D eigenvalue weighted by Crippen LogP contribution is -2.41. The van der Waals surface area contributed by atoms with Crippen molar-refractivity contribution >= 4 is 5.96 Å². The van der Waals surface area contributed by atoms with Gasteiger partial charge in [-0.1, -0.05) is 30.3 Å². The standard InChI is InChI=1S/C20H33N3O2/c1-17(19-8-5-4-6-9-19)25-14-7-12-22-20(21-2)23(3)13-15-24-16-18-10-11-18/h4-6,8-9,17-18H,7,10-16H2,1-3H3,(H,21,22). The summed E-state index contributed by atoms with van der Waals surface area (Å²) in [5.41, 5.74) is 1.22. The first-order chi connectivity index (χ1) is 12.2. The SMILES string of the molecule is CN=C(NCCCOC(C)c1ccccc1)N(C)CCOCC1CC1. The first-order valence-corrected chi connectivity index (χ1v) is 9.36. The lowest BCUT2D eigenvalue weighted by Gasteiger charge is -2.22. The molecular formula is C20H33N3O2. The molecule has 1 fully saturated rings. The van der Waals surface area contributed by atoms with E-state index in [9.17, 15) is 0 Å². The van der Waals surface area contributed by atoms with E-state index in [1.54, 1.807) is 0 Å². The van der Waals surface area contributed by atoms with Crippen LogP contribution >= 0.6 is 0 Å². The summed E-state index contributed by atoms with van der Waals surface area (Å²) >= 11 is 0. The molecule has 25 heavy (non-hydrogen) atoms. The van der Waals surface area contributed by atoms with E-state index in [0.717, 1.165) is 51.2 Å². The van der Waals surface area contributed by atoms with Crippen LogP contribution in [0.3, 0.4) is 0 Å². The van der Waals surface area contributed by atoms with Crippen LogP contribution in [0.4, 0.5) is 0 Å². The Morgan fingerprint density at radius 1 is 1.28 bits per heavy atom. The van der Waals surface area contributed by atoms with Crippen LogP contribution in [0.25, 0.3) is 0 Å². The van der Waals surface area contributed by atoms with Gasteiger partial charge in [0.15, 0.2) is 5.96 Å². The second kappa shape index (κ2) is 11.1. The summed E-state index contributed by atoms with van der Waals surface area (Å²) in [5, 5.41) is 3.39. The average molecular weight is 348 g/mol. The summed E-state index contributed by atoms with van der Waals surface area (Å²) in [4.78, 5) is 6.44. The van der Waals surface area contributed by atoms with Crippen LogP contribution in [0.15, 0.2) is 35.3 Å². The number of ether oxygens (including phenoxy) is 2. The Labute approximate surface area is 152 Å². The molecule has 0 spiro atoms. The zero-order valence-electron chi connectivity index (χ0n) is 15.9. The fourth-order valence-electron chi connectivity index (χ4n) is 2.58. The van der Waals surface area contributed by atoms with Gasteiger partial charge in [-0.3, -0.25) is 4.99 Å². The van der Waals surface area contributed by atoms with E-state index in [4.69, 9.17) is 9.47 Å². The van der Waals surface area contributed by atoms with Gasteiger partial charge < -0.3 is 19.7 Å². The molecule has 1 saturated carbocycles. The van der Waals surface area contributed by atoms with Crippen molar-refractivity contribution in [1.82, 2.24) is 10.2 Å².